The van der Waals surface area contributed by atoms with E-state index in [1.54, 1.807) is 6.07 Å². The van der Waals surface area contributed by atoms with E-state index in [0.717, 1.165) is 23.8 Å². The Morgan fingerprint density at radius 3 is 2.65 bits per heavy atom. The predicted molar refractivity (Wildman–Crippen MR) is 87.8 cm³/mol. The summed E-state index contributed by atoms with van der Waals surface area (Å²) in [5.41, 5.74) is 1.11. The van der Waals surface area contributed by atoms with Crippen LogP contribution in [0.5, 0.6) is 0 Å². The maximum atomic E-state index is 13.2. The lowest BCUT2D eigenvalue weighted by Gasteiger charge is -2.31. The van der Waals surface area contributed by atoms with Crippen LogP contribution < -0.4 is 0 Å². The lowest BCUT2D eigenvalue weighted by molar-refractivity contribution is 0.256. The van der Waals surface area contributed by atoms with Gasteiger partial charge in [0, 0.05) is 4.83 Å². The van der Waals surface area contributed by atoms with Crippen molar-refractivity contribution in [3.63, 3.8) is 0 Å². The monoisotopic (exact) mass is 340 g/mol. The molecule has 0 aliphatic heterocycles. The number of halogens is 2. The molecule has 0 radical (unpaired) electrons. The van der Waals surface area contributed by atoms with Crippen LogP contribution in [0, 0.1) is 17.7 Å². The maximum absolute atomic E-state index is 13.2. The van der Waals surface area contributed by atoms with Crippen molar-refractivity contribution in [1.29, 1.82) is 0 Å². The number of rotatable bonds is 6. The van der Waals surface area contributed by atoms with Gasteiger partial charge in [-0.1, -0.05) is 67.1 Å². The fourth-order valence-electron chi connectivity index (χ4n) is 3.39. The quantitative estimate of drug-likeness (QED) is 0.546. The zero-order valence-electron chi connectivity index (χ0n) is 12.5. The average Bonchev–Trinajstić information content (AvgIpc) is 2.45. The highest BCUT2D eigenvalue weighted by molar-refractivity contribution is 9.09. The molecular formula is C18H26BrF. The van der Waals surface area contributed by atoms with Gasteiger partial charge in [0.1, 0.15) is 5.82 Å². The fourth-order valence-corrected chi connectivity index (χ4v) is 4.29. The molecule has 1 aromatic rings. The van der Waals surface area contributed by atoms with Gasteiger partial charge < -0.3 is 0 Å². The van der Waals surface area contributed by atoms with E-state index >= 15 is 0 Å². The molecule has 0 spiro atoms. The first-order chi connectivity index (χ1) is 9.69. The lowest BCUT2D eigenvalue weighted by Crippen LogP contribution is -2.23. The molecule has 0 bridgehead atoms. The Kier molecular flexibility index (Phi) is 6.54. The Hall–Kier alpha value is -0.370. The van der Waals surface area contributed by atoms with Crippen LogP contribution in [0.15, 0.2) is 24.3 Å². The molecule has 0 nitrogen and oxygen atoms in total. The van der Waals surface area contributed by atoms with Gasteiger partial charge >= 0.3 is 0 Å². The summed E-state index contributed by atoms with van der Waals surface area (Å²) in [6.07, 6.45) is 10.5. The van der Waals surface area contributed by atoms with Crippen LogP contribution in [-0.2, 0) is 6.42 Å². The summed E-state index contributed by atoms with van der Waals surface area (Å²) in [7, 11) is 0. The third kappa shape index (κ3) is 4.87. The Morgan fingerprint density at radius 1 is 1.25 bits per heavy atom. The first kappa shape index (κ1) is 16.0. The second-order valence-electron chi connectivity index (χ2n) is 6.27. The summed E-state index contributed by atoms with van der Waals surface area (Å²) in [6.45, 7) is 2.28. The molecular weight excluding hydrogens is 315 g/mol. The highest BCUT2D eigenvalue weighted by Crippen LogP contribution is 2.36. The number of alkyl halides is 1. The minimum Gasteiger partial charge on any atom is -0.207 e. The molecule has 1 aliphatic carbocycles. The molecule has 20 heavy (non-hydrogen) atoms. The SMILES string of the molecule is CCCCC1CCC(C(Br)Cc2cccc(F)c2)CC1. The van der Waals surface area contributed by atoms with Crippen molar-refractivity contribution in [2.45, 2.75) is 63.1 Å². The van der Waals surface area contributed by atoms with Crippen LogP contribution in [0.25, 0.3) is 0 Å². The first-order valence-corrected chi connectivity index (χ1v) is 8.99. The molecule has 1 atom stereocenters. The molecule has 0 aromatic heterocycles. The van der Waals surface area contributed by atoms with Crippen molar-refractivity contribution in [2.75, 3.05) is 0 Å². The van der Waals surface area contributed by atoms with E-state index in [4.69, 9.17) is 0 Å². The highest BCUT2D eigenvalue weighted by atomic mass is 79.9. The van der Waals surface area contributed by atoms with E-state index < -0.39 is 0 Å². The largest absolute Gasteiger partial charge is 0.207 e. The molecule has 0 saturated heterocycles. The van der Waals surface area contributed by atoms with Crippen LogP contribution in [0.4, 0.5) is 4.39 Å². The van der Waals surface area contributed by atoms with Gasteiger partial charge in [0.2, 0.25) is 0 Å². The summed E-state index contributed by atoms with van der Waals surface area (Å²) < 4.78 is 13.2. The maximum Gasteiger partial charge on any atom is 0.123 e. The van der Waals surface area contributed by atoms with Crippen molar-refractivity contribution in [2.24, 2.45) is 11.8 Å². The summed E-state index contributed by atoms with van der Waals surface area (Å²) in [5, 5.41) is 0. The molecule has 1 aliphatic rings. The average molecular weight is 341 g/mol. The molecule has 2 rings (SSSR count). The Labute approximate surface area is 131 Å². The molecule has 0 heterocycles. The van der Waals surface area contributed by atoms with Crippen molar-refractivity contribution < 1.29 is 4.39 Å². The van der Waals surface area contributed by atoms with E-state index in [9.17, 15) is 4.39 Å². The molecule has 1 fully saturated rings. The van der Waals surface area contributed by atoms with Crippen molar-refractivity contribution in [1.82, 2.24) is 0 Å². The van der Waals surface area contributed by atoms with Gasteiger partial charge in [0.05, 0.1) is 0 Å². The minimum atomic E-state index is -0.120. The van der Waals surface area contributed by atoms with E-state index in [-0.39, 0.29) is 5.82 Å². The van der Waals surface area contributed by atoms with Crippen LogP contribution >= 0.6 is 15.9 Å². The van der Waals surface area contributed by atoms with Gasteiger partial charge in [0.15, 0.2) is 0 Å². The first-order valence-electron chi connectivity index (χ1n) is 8.07. The molecule has 0 N–H and O–H groups in total. The van der Waals surface area contributed by atoms with Gasteiger partial charge in [-0.2, -0.15) is 0 Å². The van der Waals surface area contributed by atoms with Gasteiger partial charge in [-0.15, -0.1) is 0 Å². The second-order valence-corrected chi connectivity index (χ2v) is 7.45. The van der Waals surface area contributed by atoms with Gasteiger partial charge in [-0.05, 0) is 48.8 Å². The number of hydrogen-bond acceptors (Lipinski definition) is 0. The summed E-state index contributed by atoms with van der Waals surface area (Å²) in [5.74, 6) is 1.60. The van der Waals surface area contributed by atoms with Crippen LogP contribution in [0.3, 0.4) is 0 Å². The van der Waals surface area contributed by atoms with Crippen molar-refractivity contribution in [3.05, 3.63) is 35.6 Å². The fraction of sp³-hybridized carbons (Fsp3) is 0.667. The van der Waals surface area contributed by atoms with Gasteiger partial charge in [-0.3, -0.25) is 0 Å². The summed E-state index contributed by atoms with van der Waals surface area (Å²) >= 11 is 3.85. The Balaban J connectivity index is 1.78. The third-order valence-corrected chi connectivity index (χ3v) is 5.76. The zero-order chi connectivity index (χ0) is 14.4. The Bertz CT molecular complexity index is 396. The lowest BCUT2D eigenvalue weighted by atomic mass is 9.78. The zero-order valence-corrected chi connectivity index (χ0v) is 14.0. The molecule has 0 amide bonds. The molecule has 1 saturated carbocycles. The minimum absolute atomic E-state index is 0.120. The van der Waals surface area contributed by atoms with E-state index in [1.165, 1.54) is 51.0 Å². The predicted octanol–water partition coefficient (Wildman–Crippen LogP) is 6.13. The van der Waals surface area contributed by atoms with Crippen molar-refractivity contribution >= 4 is 15.9 Å². The smallest absolute Gasteiger partial charge is 0.123 e. The van der Waals surface area contributed by atoms with Gasteiger partial charge in [0.25, 0.3) is 0 Å². The number of benzene rings is 1. The van der Waals surface area contributed by atoms with Crippen molar-refractivity contribution in [3.8, 4) is 0 Å². The summed E-state index contributed by atoms with van der Waals surface area (Å²) in [4.78, 5) is 0.497. The van der Waals surface area contributed by atoms with E-state index in [1.807, 2.05) is 12.1 Å². The van der Waals surface area contributed by atoms with Crippen LogP contribution in [0.2, 0.25) is 0 Å². The van der Waals surface area contributed by atoms with Crippen LogP contribution in [0.1, 0.15) is 57.4 Å². The topological polar surface area (TPSA) is 0 Å². The standard InChI is InChI=1S/C18H26BrF/c1-2-3-5-14-8-10-16(11-9-14)18(19)13-15-6-4-7-17(20)12-15/h4,6-7,12,14,16,18H,2-3,5,8-11,13H2,1H3. The second kappa shape index (κ2) is 8.17. The normalized spacial score (nSPS) is 24.6. The molecule has 2 heteroatoms. The number of unbranched alkanes of at least 4 members (excludes halogenated alkanes) is 1. The molecule has 1 aromatic carbocycles. The number of hydrogen-bond donors (Lipinski definition) is 0. The van der Waals surface area contributed by atoms with Gasteiger partial charge in [-0.25, -0.2) is 4.39 Å². The highest BCUT2D eigenvalue weighted by Gasteiger charge is 2.26. The van der Waals surface area contributed by atoms with E-state index in [0.29, 0.717) is 4.83 Å². The van der Waals surface area contributed by atoms with Crippen LogP contribution in [-0.4, -0.2) is 4.83 Å². The molecule has 1 unspecified atom stereocenters. The summed E-state index contributed by atoms with van der Waals surface area (Å²) in [6, 6.07) is 7.03. The van der Waals surface area contributed by atoms with E-state index in [2.05, 4.69) is 22.9 Å². The Morgan fingerprint density at radius 2 is 2.00 bits per heavy atom. The third-order valence-electron chi connectivity index (χ3n) is 4.69. The molecule has 112 valence electrons.